The number of hydrogen-bond donors (Lipinski definition) is 2. The van der Waals surface area contributed by atoms with Gasteiger partial charge >= 0.3 is 0 Å². The fourth-order valence-corrected chi connectivity index (χ4v) is 3.78. The number of carbonyl (C=O) groups excluding carboxylic acids is 1. The summed E-state index contributed by atoms with van der Waals surface area (Å²) in [4.78, 5) is 34.2. The van der Waals surface area contributed by atoms with Crippen LogP contribution in [-0.4, -0.2) is 50.5 Å². The molecule has 2 heterocycles. The third-order valence-electron chi connectivity index (χ3n) is 5.18. The Bertz CT molecular complexity index is 1030. The Balaban J connectivity index is 2.22. The molecule has 1 aromatic carbocycles. The van der Waals surface area contributed by atoms with Gasteiger partial charge in [0.15, 0.2) is 0 Å². The van der Waals surface area contributed by atoms with Crippen molar-refractivity contribution >= 4 is 22.5 Å². The van der Waals surface area contributed by atoms with Gasteiger partial charge in [-0.1, -0.05) is 26.7 Å². The molecule has 3 rings (SSSR count). The smallest absolute Gasteiger partial charge is 0.274 e. The molecule has 0 fully saturated rings. The van der Waals surface area contributed by atoms with Gasteiger partial charge in [-0.2, -0.15) is 0 Å². The summed E-state index contributed by atoms with van der Waals surface area (Å²) < 4.78 is 1.91. The summed E-state index contributed by atoms with van der Waals surface area (Å²) in [6, 6.07) is 5.26. The van der Waals surface area contributed by atoms with Crippen molar-refractivity contribution in [1.29, 1.82) is 0 Å². The molecule has 2 aromatic heterocycles. The zero-order chi connectivity index (χ0) is 20.3. The molecule has 7 nitrogen and oxygen atoms in total. The summed E-state index contributed by atoms with van der Waals surface area (Å²) in [5.41, 5.74) is 2.26. The molecule has 28 heavy (non-hydrogen) atoms. The van der Waals surface area contributed by atoms with Crippen LogP contribution in [0, 0.1) is 0 Å². The second-order valence-corrected chi connectivity index (χ2v) is 7.25. The monoisotopic (exact) mass is 384 g/mol. The zero-order valence-electron chi connectivity index (χ0n) is 16.7. The number of nitrogens with zero attached hydrogens (tertiary/aromatic N) is 3. The van der Waals surface area contributed by atoms with Gasteiger partial charge < -0.3 is 15.0 Å². The summed E-state index contributed by atoms with van der Waals surface area (Å²) in [6.07, 6.45) is 5.70. The van der Waals surface area contributed by atoms with Crippen LogP contribution in [0.3, 0.4) is 0 Å². The average molecular weight is 384 g/mol. The van der Waals surface area contributed by atoms with Gasteiger partial charge in [-0.25, -0.2) is 4.98 Å². The van der Waals surface area contributed by atoms with Crippen LogP contribution in [0.2, 0.25) is 0 Å². The van der Waals surface area contributed by atoms with E-state index in [1.54, 1.807) is 31.4 Å². The Morgan fingerprint density at radius 3 is 2.61 bits per heavy atom. The fraction of sp³-hybridized carbons (Fsp3) is 0.476. The van der Waals surface area contributed by atoms with Gasteiger partial charge in [0.2, 0.25) is 0 Å². The lowest BCUT2D eigenvalue weighted by Crippen LogP contribution is -2.29. The number of imidazole rings is 1. The minimum Gasteiger partial charge on any atom is -0.395 e. The molecule has 3 aromatic rings. The first-order valence-electron chi connectivity index (χ1n) is 9.91. The molecule has 0 aliphatic rings. The number of nitrogens with one attached hydrogen (secondary N) is 1. The largest absolute Gasteiger partial charge is 0.395 e. The van der Waals surface area contributed by atoms with Crippen molar-refractivity contribution in [2.45, 2.75) is 45.4 Å². The number of carbonyl (C=O) groups is 1. The van der Waals surface area contributed by atoms with E-state index in [0.29, 0.717) is 16.6 Å². The standard InChI is InChI=1S/C21H28N4O3/c1-4-6-14(7-5-2)19-22-13-18-20(27)23-16-9-8-15(12-17(16)25(18)19)21(28)24(3)10-11-26/h8-9,12-14,26H,4-7,10-11H2,1-3H3,(H,23,27). The summed E-state index contributed by atoms with van der Waals surface area (Å²) in [6.45, 7) is 4.48. The third kappa shape index (κ3) is 3.67. The molecular formula is C21H28N4O3. The minimum absolute atomic E-state index is 0.0885. The minimum atomic E-state index is -0.186. The number of likely N-dealkylation sites (N-methyl/N-ethyl adjacent to an activating group) is 1. The number of aromatic nitrogens is 3. The second-order valence-electron chi connectivity index (χ2n) is 7.25. The number of aromatic amines is 1. The van der Waals surface area contributed by atoms with Crippen LogP contribution in [0.15, 0.2) is 29.2 Å². The number of hydrogen-bond acceptors (Lipinski definition) is 4. The molecule has 0 aliphatic carbocycles. The van der Waals surface area contributed by atoms with Crippen molar-refractivity contribution in [1.82, 2.24) is 19.3 Å². The number of H-pyrrole nitrogens is 1. The van der Waals surface area contributed by atoms with Crippen molar-refractivity contribution < 1.29 is 9.90 Å². The van der Waals surface area contributed by atoms with Crippen LogP contribution < -0.4 is 5.56 Å². The van der Waals surface area contributed by atoms with Crippen molar-refractivity contribution in [3.8, 4) is 0 Å². The second kappa shape index (κ2) is 8.56. The predicted molar refractivity (Wildman–Crippen MR) is 110 cm³/mol. The molecule has 2 N–H and O–H groups in total. The van der Waals surface area contributed by atoms with E-state index in [1.165, 1.54) is 4.90 Å². The summed E-state index contributed by atoms with van der Waals surface area (Å²) in [5.74, 6) is 0.970. The quantitative estimate of drug-likeness (QED) is 0.625. The molecule has 1 amide bonds. The molecule has 0 aliphatic heterocycles. The van der Waals surface area contributed by atoms with Crippen LogP contribution in [-0.2, 0) is 0 Å². The molecule has 0 saturated heterocycles. The number of rotatable bonds is 8. The molecule has 0 radical (unpaired) electrons. The molecule has 7 heteroatoms. The van der Waals surface area contributed by atoms with E-state index in [4.69, 9.17) is 5.11 Å². The first kappa shape index (κ1) is 20.1. The molecule has 0 atom stereocenters. The van der Waals surface area contributed by atoms with Gasteiger partial charge in [0, 0.05) is 25.1 Å². The van der Waals surface area contributed by atoms with E-state index < -0.39 is 0 Å². The van der Waals surface area contributed by atoms with Crippen LogP contribution in [0.1, 0.15) is 61.6 Å². The molecule has 0 unspecified atom stereocenters. The van der Waals surface area contributed by atoms with Crippen LogP contribution in [0.4, 0.5) is 0 Å². The lowest BCUT2D eigenvalue weighted by Gasteiger charge is -2.17. The normalized spacial score (nSPS) is 11.6. The first-order valence-corrected chi connectivity index (χ1v) is 9.91. The Labute approximate surface area is 164 Å². The Hall–Kier alpha value is -2.67. The molecule has 0 spiro atoms. The fourth-order valence-electron chi connectivity index (χ4n) is 3.78. The van der Waals surface area contributed by atoms with Crippen LogP contribution >= 0.6 is 0 Å². The molecular weight excluding hydrogens is 356 g/mol. The van der Waals surface area contributed by atoms with Crippen molar-refractivity contribution in [3.63, 3.8) is 0 Å². The molecule has 0 bridgehead atoms. The molecule has 150 valence electrons. The number of aliphatic hydroxyl groups is 1. The SMILES string of the molecule is CCCC(CCC)c1ncc2c(=O)[nH]c3ccc(C(=O)N(C)CCO)cc3n12. The highest BCUT2D eigenvalue weighted by Gasteiger charge is 2.20. The lowest BCUT2D eigenvalue weighted by molar-refractivity contribution is 0.0767. The van der Waals surface area contributed by atoms with Gasteiger partial charge in [-0.3, -0.25) is 14.0 Å². The van der Waals surface area contributed by atoms with Gasteiger partial charge in [0.05, 0.1) is 23.8 Å². The van der Waals surface area contributed by atoms with E-state index in [0.717, 1.165) is 37.0 Å². The molecule has 0 saturated carbocycles. The third-order valence-corrected chi connectivity index (χ3v) is 5.18. The predicted octanol–water partition coefficient (Wildman–Crippen LogP) is 2.92. The number of fused-ring (bicyclic) bond motifs is 3. The van der Waals surface area contributed by atoms with Gasteiger partial charge in [-0.15, -0.1) is 0 Å². The van der Waals surface area contributed by atoms with E-state index in [2.05, 4.69) is 23.8 Å². The number of amides is 1. The van der Waals surface area contributed by atoms with Crippen LogP contribution in [0.25, 0.3) is 16.6 Å². The number of aliphatic hydroxyl groups excluding tert-OH is 1. The topological polar surface area (TPSA) is 90.7 Å². The van der Waals surface area contributed by atoms with E-state index in [9.17, 15) is 9.59 Å². The summed E-state index contributed by atoms with van der Waals surface area (Å²) >= 11 is 0. The Morgan fingerprint density at radius 2 is 1.96 bits per heavy atom. The maximum absolute atomic E-state index is 12.7. The van der Waals surface area contributed by atoms with Gasteiger partial charge in [0.25, 0.3) is 11.5 Å². The maximum Gasteiger partial charge on any atom is 0.274 e. The van der Waals surface area contributed by atoms with Crippen molar-refractivity contribution in [3.05, 3.63) is 46.1 Å². The first-order chi connectivity index (χ1) is 13.5. The Kier molecular flexibility index (Phi) is 6.14. The Morgan fingerprint density at radius 1 is 1.25 bits per heavy atom. The maximum atomic E-state index is 12.7. The number of benzene rings is 1. The van der Waals surface area contributed by atoms with E-state index >= 15 is 0 Å². The summed E-state index contributed by atoms with van der Waals surface area (Å²) in [5, 5.41) is 9.10. The van der Waals surface area contributed by atoms with E-state index in [-0.39, 0.29) is 30.5 Å². The van der Waals surface area contributed by atoms with Gasteiger partial charge in [0.1, 0.15) is 11.3 Å². The van der Waals surface area contributed by atoms with E-state index in [1.807, 2.05) is 4.40 Å². The lowest BCUT2D eigenvalue weighted by atomic mass is 9.97. The van der Waals surface area contributed by atoms with Crippen molar-refractivity contribution in [2.75, 3.05) is 20.2 Å². The van der Waals surface area contributed by atoms with Gasteiger partial charge in [-0.05, 0) is 31.0 Å². The highest BCUT2D eigenvalue weighted by Crippen LogP contribution is 2.28. The zero-order valence-corrected chi connectivity index (χ0v) is 16.7. The van der Waals surface area contributed by atoms with Crippen molar-refractivity contribution in [2.24, 2.45) is 0 Å². The highest BCUT2D eigenvalue weighted by atomic mass is 16.3. The highest BCUT2D eigenvalue weighted by molar-refractivity contribution is 5.97. The average Bonchev–Trinajstić information content (AvgIpc) is 3.13. The van der Waals surface area contributed by atoms with Crippen LogP contribution in [0.5, 0.6) is 0 Å². The summed E-state index contributed by atoms with van der Waals surface area (Å²) in [7, 11) is 1.66.